The highest BCUT2D eigenvalue weighted by Gasteiger charge is 2.12. The number of thiazole rings is 1. The van der Waals surface area contributed by atoms with Crippen molar-refractivity contribution in [1.29, 1.82) is 0 Å². The fourth-order valence-corrected chi connectivity index (χ4v) is 4.05. The van der Waals surface area contributed by atoms with Gasteiger partial charge in [-0.2, -0.15) is 0 Å². The van der Waals surface area contributed by atoms with E-state index in [0.29, 0.717) is 35.3 Å². The summed E-state index contributed by atoms with van der Waals surface area (Å²) in [5.41, 5.74) is 2.39. The van der Waals surface area contributed by atoms with Crippen molar-refractivity contribution < 1.29 is 19.1 Å². The normalized spacial score (nSPS) is 10.5. The predicted molar refractivity (Wildman–Crippen MR) is 125 cm³/mol. The quantitative estimate of drug-likeness (QED) is 0.467. The van der Waals surface area contributed by atoms with Gasteiger partial charge in [0.1, 0.15) is 5.01 Å². The van der Waals surface area contributed by atoms with Crippen molar-refractivity contribution in [2.75, 3.05) is 20.3 Å². The van der Waals surface area contributed by atoms with Gasteiger partial charge in [-0.05, 0) is 30.7 Å². The van der Waals surface area contributed by atoms with E-state index in [1.54, 1.807) is 12.1 Å². The number of hydrogen-bond acceptors (Lipinski definition) is 6. The smallest absolute Gasteiger partial charge is 0.257 e. The highest BCUT2D eigenvalue weighted by molar-refractivity contribution is 7.13. The number of carbonyl (C=O) groups is 2. The Labute approximate surface area is 195 Å². The fraction of sp³-hybridized carbons (Fsp3) is 0.261. The van der Waals surface area contributed by atoms with Crippen LogP contribution in [0.3, 0.4) is 0 Å². The second-order valence-corrected chi connectivity index (χ2v) is 8.07. The fourth-order valence-electron chi connectivity index (χ4n) is 2.91. The predicted octanol–water partition coefficient (Wildman–Crippen LogP) is 3.85. The first-order chi connectivity index (χ1) is 15.5. The lowest BCUT2D eigenvalue weighted by Gasteiger charge is -2.12. The Morgan fingerprint density at radius 3 is 2.66 bits per heavy atom. The first-order valence-electron chi connectivity index (χ1n) is 10.0. The highest BCUT2D eigenvalue weighted by atomic mass is 35.5. The van der Waals surface area contributed by atoms with E-state index in [-0.39, 0.29) is 24.8 Å². The van der Waals surface area contributed by atoms with Crippen LogP contribution in [0, 0.1) is 0 Å². The lowest BCUT2D eigenvalue weighted by molar-refractivity contribution is -0.123. The first kappa shape index (κ1) is 23.6. The van der Waals surface area contributed by atoms with Gasteiger partial charge in [0.15, 0.2) is 18.1 Å². The van der Waals surface area contributed by atoms with Crippen molar-refractivity contribution in [3.63, 3.8) is 0 Å². The van der Waals surface area contributed by atoms with Gasteiger partial charge in [0.05, 0.1) is 24.2 Å². The molecule has 32 heavy (non-hydrogen) atoms. The maximum absolute atomic E-state index is 12.4. The maximum Gasteiger partial charge on any atom is 0.257 e. The molecule has 0 unspecified atom stereocenters. The van der Waals surface area contributed by atoms with Crippen molar-refractivity contribution in [3.05, 3.63) is 64.1 Å². The van der Waals surface area contributed by atoms with Crippen LogP contribution >= 0.6 is 22.9 Å². The molecule has 3 aromatic rings. The van der Waals surface area contributed by atoms with Crippen LogP contribution < -0.4 is 20.1 Å². The van der Waals surface area contributed by atoms with E-state index < -0.39 is 0 Å². The summed E-state index contributed by atoms with van der Waals surface area (Å²) >= 11 is 7.68. The van der Waals surface area contributed by atoms with Gasteiger partial charge in [-0.25, -0.2) is 4.98 Å². The van der Waals surface area contributed by atoms with Crippen molar-refractivity contribution in [2.45, 2.75) is 19.9 Å². The van der Waals surface area contributed by atoms with Crippen molar-refractivity contribution in [1.82, 2.24) is 15.6 Å². The van der Waals surface area contributed by atoms with Gasteiger partial charge in [0, 0.05) is 24.0 Å². The molecule has 0 aliphatic rings. The average Bonchev–Trinajstić information content (AvgIpc) is 3.25. The Kier molecular flexibility index (Phi) is 8.47. The third-order valence-electron chi connectivity index (χ3n) is 4.45. The summed E-state index contributed by atoms with van der Waals surface area (Å²) in [6.45, 7) is 2.62. The lowest BCUT2D eigenvalue weighted by Crippen LogP contribution is -2.28. The Morgan fingerprint density at radius 2 is 1.91 bits per heavy atom. The number of nitrogens with one attached hydrogen (secondary N) is 2. The van der Waals surface area contributed by atoms with Gasteiger partial charge in [-0.15, -0.1) is 11.3 Å². The monoisotopic (exact) mass is 473 g/mol. The van der Waals surface area contributed by atoms with Crippen molar-refractivity contribution >= 4 is 34.8 Å². The Morgan fingerprint density at radius 1 is 1.09 bits per heavy atom. The van der Waals surface area contributed by atoms with Gasteiger partial charge in [-0.1, -0.05) is 35.9 Å². The van der Waals surface area contributed by atoms with E-state index in [4.69, 9.17) is 21.1 Å². The SMILES string of the molecule is CCNC(=O)COc1ccc(CNC(=O)Cc2csc(-c3ccccc3Cl)n2)cc1OC. The summed E-state index contributed by atoms with van der Waals surface area (Å²) in [7, 11) is 1.52. The third kappa shape index (κ3) is 6.45. The number of halogens is 1. The molecular weight excluding hydrogens is 450 g/mol. The number of nitrogens with zero attached hydrogens (tertiary/aromatic N) is 1. The minimum Gasteiger partial charge on any atom is -0.493 e. The molecular formula is C23H24ClN3O4S. The van der Waals surface area contributed by atoms with Crippen LogP contribution in [0.25, 0.3) is 10.6 Å². The van der Waals surface area contributed by atoms with E-state index in [0.717, 1.165) is 16.1 Å². The second-order valence-electron chi connectivity index (χ2n) is 6.80. The summed E-state index contributed by atoms with van der Waals surface area (Å²) < 4.78 is 10.9. The van der Waals surface area contributed by atoms with Crippen LogP contribution in [0.15, 0.2) is 47.8 Å². The van der Waals surface area contributed by atoms with Crippen LogP contribution in [0.1, 0.15) is 18.2 Å². The van der Waals surface area contributed by atoms with E-state index >= 15 is 0 Å². The number of rotatable bonds is 10. The van der Waals surface area contributed by atoms with Gasteiger partial charge in [-0.3, -0.25) is 9.59 Å². The van der Waals surface area contributed by atoms with E-state index in [1.165, 1.54) is 18.4 Å². The van der Waals surface area contributed by atoms with Gasteiger partial charge < -0.3 is 20.1 Å². The molecule has 9 heteroatoms. The molecule has 1 aromatic heterocycles. The van der Waals surface area contributed by atoms with Crippen LogP contribution in [0.5, 0.6) is 11.5 Å². The molecule has 168 valence electrons. The summed E-state index contributed by atoms with van der Waals surface area (Å²) in [6.07, 6.45) is 0.172. The van der Waals surface area contributed by atoms with Crippen LogP contribution in [-0.2, 0) is 22.6 Å². The van der Waals surface area contributed by atoms with Gasteiger partial charge in [0.2, 0.25) is 5.91 Å². The zero-order valence-corrected chi connectivity index (χ0v) is 19.4. The average molecular weight is 474 g/mol. The standard InChI is InChI=1S/C23H24ClN3O4S/c1-3-25-22(29)13-31-19-9-8-15(10-20(19)30-2)12-26-21(28)11-16-14-32-23(27-16)17-6-4-5-7-18(17)24/h4-10,14H,3,11-13H2,1-2H3,(H,25,29)(H,26,28). The van der Waals surface area contributed by atoms with Crippen LogP contribution in [-0.4, -0.2) is 37.1 Å². The first-order valence-corrected chi connectivity index (χ1v) is 11.3. The molecule has 1 heterocycles. The van der Waals surface area contributed by atoms with E-state index in [1.807, 2.05) is 42.6 Å². The Hall–Kier alpha value is -3.10. The summed E-state index contributed by atoms with van der Waals surface area (Å²) in [6, 6.07) is 12.8. The summed E-state index contributed by atoms with van der Waals surface area (Å²) in [4.78, 5) is 28.5. The molecule has 0 spiro atoms. The number of aromatic nitrogens is 1. The van der Waals surface area contributed by atoms with Crippen LogP contribution in [0.2, 0.25) is 5.02 Å². The third-order valence-corrected chi connectivity index (χ3v) is 5.70. The number of carbonyl (C=O) groups excluding carboxylic acids is 2. The molecule has 0 bridgehead atoms. The van der Waals surface area contributed by atoms with E-state index in [2.05, 4.69) is 15.6 Å². The zero-order valence-electron chi connectivity index (χ0n) is 17.8. The molecule has 0 atom stereocenters. The number of benzene rings is 2. The second kappa shape index (κ2) is 11.5. The topological polar surface area (TPSA) is 89.6 Å². The molecule has 0 radical (unpaired) electrons. The highest BCUT2D eigenvalue weighted by Crippen LogP contribution is 2.30. The lowest BCUT2D eigenvalue weighted by atomic mass is 10.2. The van der Waals surface area contributed by atoms with Crippen molar-refractivity contribution in [2.24, 2.45) is 0 Å². The van der Waals surface area contributed by atoms with Gasteiger partial charge in [0.25, 0.3) is 5.91 Å². The molecule has 3 rings (SSSR count). The maximum atomic E-state index is 12.4. The molecule has 0 aliphatic heterocycles. The number of amides is 2. The number of ether oxygens (including phenoxy) is 2. The molecule has 0 aliphatic carbocycles. The van der Waals surface area contributed by atoms with Crippen molar-refractivity contribution in [3.8, 4) is 22.1 Å². The van der Waals surface area contributed by atoms with Gasteiger partial charge >= 0.3 is 0 Å². The Bertz CT molecular complexity index is 1090. The molecule has 0 saturated heterocycles. The summed E-state index contributed by atoms with van der Waals surface area (Å²) in [5, 5.41) is 8.83. The molecule has 2 N–H and O–H groups in total. The van der Waals surface area contributed by atoms with E-state index in [9.17, 15) is 9.59 Å². The molecule has 7 nitrogen and oxygen atoms in total. The summed E-state index contributed by atoms with van der Waals surface area (Å²) in [5.74, 6) is 0.607. The molecule has 0 saturated carbocycles. The number of methoxy groups -OCH3 is 1. The molecule has 2 amide bonds. The largest absolute Gasteiger partial charge is 0.493 e. The zero-order chi connectivity index (χ0) is 22.9. The Balaban J connectivity index is 1.54. The molecule has 2 aromatic carbocycles. The van der Waals surface area contributed by atoms with Crippen LogP contribution in [0.4, 0.5) is 0 Å². The molecule has 0 fully saturated rings. The minimum absolute atomic E-state index is 0.0931. The minimum atomic E-state index is -0.203. The number of hydrogen-bond donors (Lipinski definition) is 2. The number of likely N-dealkylation sites (N-methyl/N-ethyl adjacent to an activating group) is 1.